The first-order chi connectivity index (χ1) is 8.97. The summed E-state index contributed by atoms with van der Waals surface area (Å²) in [5, 5.41) is 12.4. The largest absolute Gasteiger partial charge is 0.359 e. The van der Waals surface area contributed by atoms with Gasteiger partial charge in [0, 0.05) is 18.7 Å². The van der Waals surface area contributed by atoms with Crippen molar-refractivity contribution in [3.05, 3.63) is 33.9 Å². The van der Waals surface area contributed by atoms with Crippen LogP contribution in [-0.4, -0.2) is 21.0 Å². The molecule has 0 aromatic carbocycles. The van der Waals surface area contributed by atoms with E-state index in [0.29, 0.717) is 24.2 Å². The minimum atomic E-state index is 0.426. The molecule has 6 heteroatoms. The van der Waals surface area contributed by atoms with Gasteiger partial charge in [-0.1, -0.05) is 30.6 Å². The minimum Gasteiger partial charge on any atom is -0.359 e. The minimum absolute atomic E-state index is 0.426. The predicted molar refractivity (Wildman–Crippen MR) is 74.3 cm³/mol. The molecule has 19 heavy (non-hydrogen) atoms. The molecule has 2 aromatic heterocycles. The van der Waals surface area contributed by atoms with E-state index in [-0.39, 0.29) is 0 Å². The first-order valence-electron chi connectivity index (χ1n) is 6.34. The quantitative estimate of drug-likeness (QED) is 0.916. The van der Waals surface area contributed by atoms with Gasteiger partial charge in [-0.2, -0.15) is 5.10 Å². The van der Waals surface area contributed by atoms with E-state index in [9.17, 15) is 0 Å². The molecule has 0 saturated heterocycles. The van der Waals surface area contributed by atoms with Gasteiger partial charge in [-0.15, -0.1) is 0 Å². The van der Waals surface area contributed by atoms with Crippen molar-refractivity contribution >= 4 is 11.6 Å². The summed E-state index contributed by atoms with van der Waals surface area (Å²) < 4.78 is 7.14. The number of aryl methyl sites for hydroxylation is 1. The van der Waals surface area contributed by atoms with Crippen LogP contribution in [0.1, 0.15) is 36.7 Å². The summed E-state index contributed by atoms with van der Waals surface area (Å²) >= 11 is 6.11. The molecule has 0 aliphatic carbocycles. The lowest BCUT2D eigenvalue weighted by Gasteiger charge is -2.03. The first-order valence-corrected chi connectivity index (χ1v) is 6.72. The van der Waals surface area contributed by atoms with Crippen molar-refractivity contribution in [3.63, 3.8) is 0 Å². The van der Waals surface area contributed by atoms with Gasteiger partial charge >= 0.3 is 0 Å². The van der Waals surface area contributed by atoms with E-state index in [0.717, 1.165) is 22.8 Å². The topological polar surface area (TPSA) is 55.9 Å². The van der Waals surface area contributed by atoms with E-state index < -0.39 is 0 Å². The molecule has 0 unspecified atom stereocenters. The van der Waals surface area contributed by atoms with Crippen molar-refractivity contribution in [3.8, 4) is 0 Å². The van der Waals surface area contributed by atoms with Crippen LogP contribution in [0.5, 0.6) is 0 Å². The third-order valence-electron chi connectivity index (χ3n) is 2.90. The summed E-state index contributed by atoms with van der Waals surface area (Å²) in [6, 6.07) is 2.37. The molecule has 104 valence electrons. The van der Waals surface area contributed by atoms with Crippen LogP contribution in [0.2, 0.25) is 5.02 Å². The lowest BCUT2D eigenvalue weighted by molar-refractivity contribution is 0.362. The number of halogens is 1. The lowest BCUT2D eigenvalue weighted by atomic mass is 10.3. The maximum absolute atomic E-state index is 6.11. The molecule has 2 heterocycles. The molecule has 2 aromatic rings. The number of aromatic nitrogens is 3. The van der Waals surface area contributed by atoms with Crippen molar-refractivity contribution in [2.75, 3.05) is 0 Å². The van der Waals surface area contributed by atoms with Crippen molar-refractivity contribution in [2.45, 2.75) is 46.8 Å². The van der Waals surface area contributed by atoms with Crippen LogP contribution in [0.25, 0.3) is 0 Å². The predicted octanol–water partition coefficient (Wildman–Crippen LogP) is 2.69. The number of nitrogens with zero attached hydrogens (tertiary/aromatic N) is 3. The van der Waals surface area contributed by atoms with Gasteiger partial charge in [-0.3, -0.25) is 4.68 Å². The molecule has 0 saturated carbocycles. The van der Waals surface area contributed by atoms with Crippen LogP contribution in [0.4, 0.5) is 0 Å². The van der Waals surface area contributed by atoms with Crippen LogP contribution in [0, 0.1) is 13.8 Å². The zero-order valence-corrected chi connectivity index (χ0v) is 12.5. The highest BCUT2D eigenvalue weighted by Crippen LogP contribution is 2.20. The fourth-order valence-electron chi connectivity index (χ4n) is 1.80. The summed E-state index contributed by atoms with van der Waals surface area (Å²) in [6.07, 6.45) is 0. The summed E-state index contributed by atoms with van der Waals surface area (Å²) in [6.45, 7) is 9.29. The average Bonchev–Trinajstić information content (AvgIpc) is 2.89. The number of hydrogen-bond acceptors (Lipinski definition) is 4. The molecule has 0 fully saturated rings. The van der Waals surface area contributed by atoms with Gasteiger partial charge in [-0.05, 0) is 13.8 Å². The van der Waals surface area contributed by atoms with E-state index in [1.54, 1.807) is 0 Å². The molecule has 0 aliphatic heterocycles. The molecule has 0 amide bonds. The highest BCUT2D eigenvalue weighted by Gasteiger charge is 2.12. The second-order valence-electron chi connectivity index (χ2n) is 4.96. The summed E-state index contributed by atoms with van der Waals surface area (Å²) in [4.78, 5) is 0. The Labute approximate surface area is 117 Å². The molecular formula is C13H19ClN4O. The summed E-state index contributed by atoms with van der Waals surface area (Å²) in [5.74, 6) is 0.780. The third kappa shape index (κ3) is 3.36. The smallest absolute Gasteiger partial charge is 0.158 e. The van der Waals surface area contributed by atoms with Crippen molar-refractivity contribution in [2.24, 2.45) is 0 Å². The summed E-state index contributed by atoms with van der Waals surface area (Å²) in [7, 11) is 0. The summed E-state index contributed by atoms with van der Waals surface area (Å²) in [5.41, 5.74) is 2.68. The van der Waals surface area contributed by atoms with Gasteiger partial charge in [0.1, 0.15) is 6.54 Å². The molecular weight excluding hydrogens is 264 g/mol. The molecule has 0 spiro atoms. The van der Waals surface area contributed by atoms with E-state index >= 15 is 0 Å². The Morgan fingerprint density at radius 1 is 1.42 bits per heavy atom. The molecule has 0 radical (unpaired) electrons. The highest BCUT2D eigenvalue weighted by molar-refractivity contribution is 6.31. The van der Waals surface area contributed by atoms with Crippen molar-refractivity contribution in [1.82, 2.24) is 20.3 Å². The Kier molecular flexibility index (Phi) is 4.27. The number of nitrogens with one attached hydrogen (secondary N) is 1. The first kappa shape index (κ1) is 14.1. The van der Waals surface area contributed by atoms with Crippen LogP contribution >= 0.6 is 11.6 Å². The zero-order valence-electron chi connectivity index (χ0n) is 11.7. The van der Waals surface area contributed by atoms with E-state index in [4.69, 9.17) is 16.1 Å². The average molecular weight is 283 g/mol. The van der Waals surface area contributed by atoms with Gasteiger partial charge < -0.3 is 9.84 Å². The Hall–Kier alpha value is -1.33. The molecule has 1 N–H and O–H groups in total. The Morgan fingerprint density at radius 2 is 2.16 bits per heavy atom. The number of rotatable bonds is 5. The fourth-order valence-corrected chi connectivity index (χ4v) is 1.93. The molecule has 5 nitrogen and oxygen atoms in total. The van der Waals surface area contributed by atoms with Crippen molar-refractivity contribution in [1.29, 1.82) is 0 Å². The van der Waals surface area contributed by atoms with Crippen molar-refractivity contribution < 1.29 is 4.52 Å². The Bertz CT molecular complexity index is 559. The van der Waals surface area contributed by atoms with Gasteiger partial charge in [-0.25, -0.2) is 0 Å². The van der Waals surface area contributed by atoms with E-state index in [2.05, 4.69) is 29.4 Å². The van der Waals surface area contributed by atoms with Crippen LogP contribution in [0.3, 0.4) is 0 Å². The molecule has 0 bridgehead atoms. The maximum atomic E-state index is 6.11. The van der Waals surface area contributed by atoms with Gasteiger partial charge in [0.2, 0.25) is 0 Å². The number of hydrogen-bond donors (Lipinski definition) is 1. The van der Waals surface area contributed by atoms with E-state index in [1.807, 2.05) is 24.6 Å². The standard InChI is InChI=1S/C13H19ClN4O/c1-8(2)15-6-11-5-12(19-17-11)7-18-10(4)13(14)9(3)16-18/h5,8,15H,6-7H2,1-4H3. The normalized spacial score (nSPS) is 11.5. The van der Waals surface area contributed by atoms with Crippen LogP contribution in [0.15, 0.2) is 10.6 Å². The SMILES string of the molecule is Cc1nn(Cc2cc(CNC(C)C)no2)c(C)c1Cl. The Morgan fingerprint density at radius 3 is 2.74 bits per heavy atom. The monoisotopic (exact) mass is 282 g/mol. The second kappa shape index (κ2) is 5.75. The molecule has 2 rings (SSSR count). The van der Waals surface area contributed by atoms with Crippen LogP contribution < -0.4 is 5.32 Å². The lowest BCUT2D eigenvalue weighted by Crippen LogP contribution is -2.21. The highest BCUT2D eigenvalue weighted by atomic mass is 35.5. The van der Waals surface area contributed by atoms with Gasteiger partial charge in [0.05, 0.1) is 22.1 Å². The second-order valence-corrected chi connectivity index (χ2v) is 5.34. The van der Waals surface area contributed by atoms with Crippen LogP contribution in [-0.2, 0) is 13.1 Å². The molecule has 0 atom stereocenters. The zero-order chi connectivity index (χ0) is 14.0. The molecule has 0 aliphatic rings. The fraction of sp³-hybridized carbons (Fsp3) is 0.538. The van der Waals surface area contributed by atoms with Gasteiger partial charge in [0.15, 0.2) is 5.76 Å². The maximum Gasteiger partial charge on any atom is 0.158 e. The van der Waals surface area contributed by atoms with Gasteiger partial charge in [0.25, 0.3) is 0 Å². The Balaban J connectivity index is 2.05. The van der Waals surface area contributed by atoms with E-state index in [1.165, 1.54) is 0 Å². The third-order valence-corrected chi connectivity index (χ3v) is 3.44.